The first-order valence-electron chi connectivity index (χ1n) is 6.78. The molecular formula is C15H25NO4. The molecule has 0 radical (unpaired) electrons. The number of aliphatic hydroxyl groups is 1. The Kier molecular flexibility index (Phi) is 8.02. The molecule has 1 N–H and O–H groups in total. The molecule has 1 unspecified atom stereocenters. The first-order chi connectivity index (χ1) is 9.65. The zero-order valence-corrected chi connectivity index (χ0v) is 12.5. The quantitative estimate of drug-likeness (QED) is 0.658. The molecule has 1 aromatic carbocycles. The molecule has 0 fully saturated rings. The first-order valence-corrected chi connectivity index (χ1v) is 6.78. The van der Waals surface area contributed by atoms with E-state index in [1.165, 1.54) is 0 Å². The molecule has 0 aliphatic rings. The van der Waals surface area contributed by atoms with Crippen molar-refractivity contribution in [2.24, 2.45) is 0 Å². The summed E-state index contributed by atoms with van der Waals surface area (Å²) < 4.78 is 15.6. The summed E-state index contributed by atoms with van der Waals surface area (Å²) in [6.07, 6.45) is 0.448. The Hall–Kier alpha value is -1.30. The normalized spacial score (nSPS) is 12.4. The van der Waals surface area contributed by atoms with Crippen LogP contribution in [0, 0.1) is 0 Å². The number of nitrogens with zero attached hydrogens (tertiary/aromatic N) is 1. The maximum absolute atomic E-state index is 9.92. The molecule has 1 atom stereocenters. The fourth-order valence-corrected chi connectivity index (χ4v) is 1.85. The second-order valence-corrected chi connectivity index (χ2v) is 4.75. The highest BCUT2D eigenvalue weighted by atomic mass is 16.5. The lowest BCUT2D eigenvalue weighted by Crippen LogP contribution is -2.34. The monoisotopic (exact) mass is 283 g/mol. The molecule has 0 amide bonds. The van der Waals surface area contributed by atoms with E-state index in [4.69, 9.17) is 14.2 Å². The lowest BCUT2D eigenvalue weighted by atomic mass is 10.3. The smallest absolute Gasteiger partial charge is 0.119 e. The number of rotatable bonds is 10. The van der Waals surface area contributed by atoms with Crippen LogP contribution in [0.4, 0.5) is 0 Å². The number of hydrogen-bond donors (Lipinski definition) is 1. The largest absolute Gasteiger partial charge is 0.497 e. The van der Waals surface area contributed by atoms with Gasteiger partial charge in [0.15, 0.2) is 0 Å². The summed E-state index contributed by atoms with van der Waals surface area (Å²) in [5.41, 5.74) is 0. The molecule has 114 valence electrons. The summed E-state index contributed by atoms with van der Waals surface area (Å²) in [5.74, 6) is 1.52. The van der Waals surface area contributed by atoms with Gasteiger partial charge in [-0.2, -0.15) is 0 Å². The van der Waals surface area contributed by atoms with Crippen LogP contribution < -0.4 is 9.47 Å². The highest BCUT2D eigenvalue weighted by molar-refractivity contribution is 5.31. The standard InChI is InChI=1S/C15H25NO4/c1-16(9-4-10-18-2)11-13(17)12-20-15-7-5-14(19-3)6-8-15/h5-8,13,17H,4,9-12H2,1-3H3. The molecule has 0 heterocycles. The molecule has 1 rings (SSSR count). The Bertz CT molecular complexity index is 355. The van der Waals surface area contributed by atoms with E-state index in [0.717, 1.165) is 31.1 Å². The van der Waals surface area contributed by atoms with Gasteiger partial charge in [-0.25, -0.2) is 0 Å². The molecule has 0 spiro atoms. The summed E-state index contributed by atoms with van der Waals surface area (Å²) in [4.78, 5) is 2.07. The average molecular weight is 283 g/mol. The third kappa shape index (κ3) is 6.75. The summed E-state index contributed by atoms with van der Waals surface area (Å²) in [6, 6.07) is 7.32. The van der Waals surface area contributed by atoms with Gasteiger partial charge in [-0.3, -0.25) is 0 Å². The van der Waals surface area contributed by atoms with E-state index in [1.807, 2.05) is 31.3 Å². The minimum Gasteiger partial charge on any atom is -0.497 e. The summed E-state index contributed by atoms with van der Waals surface area (Å²) in [7, 11) is 5.29. The van der Waals surface area contributed by atoms with Gasteiger partial charge in [0.05, 0.1) is 7.11 Å². The maximum atomic E-state index is 9.92. The number of hydrogen-bond acceptors (Lipinski definition) is 5. The molecule has 0 saturated heterocycles. The SMILES string of the molecule is COCCCN(C)CC(O)COc1ccc(OC)cc1. The van der Waals surface area contributed by atoms with Crippen molar-refractivity contribution in [3.63, 3.8) is 0 Å². The molecule has 0 bridgehead atoms. The molecule has 20 heavy (non-hydrogen) atoms. The van der Waals surface area contributed by atoms with Crippen molar-refractivity contribution < 1.29 is 19.3 Å². The van der Waals surface area contributed by atoms with Gasteiger partial charge in [0.1, 0.15) is 24.2 Å². The van der Waals surface area contributed by atoms with E-state index >= 15 is 0 Å². The summed E-state index contributed by atoms with van der Waals surface area (Å²) in [6.45, 7) is 2.50. The van der Waals surface area contributed by atoms with Crippen molar-refractivity contribution in [2.75, 3.05) is 47.6 Å². The average Bonchev–Trinajstić information content (AvgIpc) is 2.46. The van der Waals surface area contributed by atoms with Crippen LogP contribution in [0.2, 0.25) is 0 Å². The molecule has 0 aliphatic carbocycles. The number of aliphatic hydroxyl groups excluding tert-OH is 1. The predicted molar refractivity (Wildman–Crippen MR) is 78.5 cm³/mol. The van der Waals surface area contributed by atoms with Crippen molar-refractivity contribution in [1.82, 2.24) is 4.90 Å². The van der Waals surface area contributed by atoms with Gasteiger partial charge < -0.3 is 24.2 Å². The number of benzene rings is 1. The van der Waals surface area contributed by atoms with Gasteiger partial charge in [0, 0.05) is 26.8 Å². The molecular weight excluding hydrogens is 258 g/mol. The highest BCUT2D eigenvalue weighted by Crippen LogP contribution is 2.17. The lowest BCUT2D eigenvalue weighted by molar-refractivity contribution is 0.0731. The lowest BCUT2D eigenvalue weighted by Gasteiger charge is -2.20. The maximum Gasteiger partial charge on any atom is 0.119 e. The summed E-state index contributed by atoms with van der Waals surface area (Å²) >= 11 is 0. The zero-order valence-electron chi connectivity index (χ0n) is 12.5. The second kappa shape index (κ2) is 9.58. The van der Waals surface area contributed by atoms with Gasteiger partial charge in [0.25, 0.3) is 0 Å². The Balaban J connectivity index is 2.22. The number of methoxy groups -OCH3 is 2. The van der Waals surface area contributed by atoms with E-state index in [-0.39, 0.29) is 6.61 Å². The van der Waals surface area contributed by atoms with Crippen LogP contribution in [-0.4, -0.2) is 63.7 Å². The highest BCUT2D eigenvalue weighted by Gasteiger charge is 2.09. The molecule has 0 aromatic heterocycles. The fourth-order valence-electron chi connectivity index (χ4n) is 1.85. The van der Waals surface area contributed by atoms with Gasteiger partial charge in [0.2, 0.25) is 0 Å². The Morgan fingerprint density at radius 1 is 1.15 bits per heavy atom. The van der Waals surface area contributed by atoms with Crippen molar-refractivity contribution in [3.8, 4) is 11.5 Å². The van der Waals surface area contributed by atoms with Crippen molar-refractivity contribution >= 4 is 0 Å². The Morgan fingerprint density at radius 3 is 2.40 bits per heavy atom. The number of likely N-dealkylation sites (N-methyl/N-ethyl adjacent to an activating group) is 1. The first kappa shape index (κ1) is 16.8. The molecule has 1 aromatic rings. The zero-order chi connectivity index (χ0) is 14.8. The van der Waals surface area contributed by atoms with Crippen LogP contribution >= 0.6 is 0 Å². The van der Waals surface area contributed by atoms with E-state index in [9.17, 15) is 5.11 Å². The molecule has 5 heteroatoms. The van der Waals surface area contributed by atoms with Crippen molar-refractivity contribution in [3.05, 3.63) is 24.3 Å². The minimum absolute atomic E-state index is 0.279. The van der Waals surface area contributed by atoms with E-state index in [0.29, 0.717) is 6.54 Å². The van der Waals surface area contributed by atoms with E-state index < -0.39 is 6.10 Å². The van der Waals surface area contributed by atoms with E-state index in [2.05, 4.69) is 4.90 Å². The van der Waals surface area contributed by atoms with Crippen LogP contribution in [0.25, 0.3) is 0 Å². The molecule has 5 nitrogen and oxygen atoms in total. The molecule has 0 aliphatic heterocycles. The van der Waals surface area contributed by atoms with Crippen LogP contribution in [-0.2, 0) is 4.74 Å². The third-order valence-electron chi connectivity index (χ3n) is 2.91. The Labute approximate surface area is 121 Å². The van der Waals surface area contributed by atoms with Crippen molar-refractivity contribution in [1.29, 1.82) is 0 Å². The summed E-state index contributed by atoms with van der Waals surface area (Å²) in [5, 5.41) is 9.92. The van der Waals surface area contributed by atoms with Gasteiger partial charge in [-0.05, 0) is 37.7 Å². The third-order valence-corrected chi connectivity index (χ3v) is 2.91. The topological polar surface area (TPSA) is 51.2 Å². The fraction of sp³-hybridized carbons (Fsp3) is 0.600. The van der Waals surface area contributed by atoms with Crippen LogP contribution in [0.3, 0.4) is 0 Å². The van der Waals surface area contributed by atoms with Crippen LogP contribution in [0.1, 0.15) is 6.42 Å². The Morgan fingerprint density at radius 2 is 1.80 bits per heavy atom. The van der Waals surface area contributed by atoms with Gasteiger partial charge >= 0.3 is 0 Å². The van der Waals surface area contributed by atoms with Gasteiger partial charge in [-0.1, -0.05) is 0 Å². The molecule has 0 saturated carbocycles. The van der Waals surface area contributed by atoms with Crippen LogP contribution in [0.5, 0.6) is 11.5 Å². The predicted octanol–water partition coefficient (Wildman–Crippen LogP) is 1.40. The van der Waals surface area contributed by atoms with Crippen LogP contribution in [0.15, 0.2) is 24.3 Å². The number of ether oxygens (including phenoxy) is 3. The van der Waals surface area contributed by atoms with Crippen molar-refractivity contribution in [2.45, 2.75) is 12.5 Å². The minimum atomic E-state index is -0.510. The van der Waals surface area contributed by atoms with Gasteiger partial charge in [-0.15, -0.1) is 0 Å². The van der Waals surface area contributed by atoms with E-state index in [1.54, 1.807) is 14.2 Å². The second-order valence-electron chi connectivity index (χ2n) is 4.75.